The third-order valence-electron chi connectivity index (χ3n) is 3.31. The molecule has 3 heterocycles. The molecule has 90 valence electrons. The van der Waals surface area contributed by atoms with E-state index in [0.717, 1.165) is 24.8 Å². The molecule has 1 saturated heterocycles. The number of aliphatic imine (C=N–C) groups is 1. The van der Waals surface area contributed by atoms with Crippen molar-refractivity contribution in [3.63, 3.8) is 0 Å². The van der Waals surface area contributed by atoms with Gasteiger partial charge in [-0.05, 0) is 25.0 Å². The summed E-state index contributed by atoms with van der Waals surface area (Å²) in [6, 6.07) is -0.0532. The number of thiocarbonyl (C=S) groups is 1. The molecule has 5 nitrogen and oxygen atoms in total. The van der Waals surface area contributed by atoms with E-state index < -0.39 is 0 Å². The number of hydrazone groups is 1. The van der Waals surface area contributed by atoms with Gasteiger partial charge in [0.05, 0.1) is 11.5 Å². The van der Waals surface area contributed by atoms with Gasteiger partial charge in [-0.15, -0.1) is 0 Å². The van der Waals surface area contributed by atoms with Crippen molar-refractivity contribution in [2.45, 2.75) is 18.9 Å². The zero-order valence-electron chi connectivity index (χ0n) is 9.54. The highest BCUT2D eigenvalue weighted by molar-refractivity contribution is 7.80. The summed E-state index contributed by atoms with van der Waals surface area (Å²) in [6.07, 6.45) is 6.51. The van der Waals surface area contributed by atoms with Crippen LogP contribution in [0.15, 0.2) is 22.2 Å². The first-order valence-corrected chi connectivity index (χ1v) is 6.31. The second-order valence-electron chi connectivity index (χ2n) is 4.45. The Bertz CT molecular complexity index is 433. The van der Waals surface area contributed by atoms with Gasteiger partial charge in [-0.1, -0.05) is 12.2 Å². The highest BCUT2D eigenvalue weighted by atomic mass is 32.1. The molecule has 0 saturated carbocycles. The molecule has 2 N–H and O–H groups in total. The Balaban J connectivity index is 1.84. The van der Waals surface area contributed by atoms with E-state index in [1.54, 1.807) is 0 Å². The number of hydrogen-bond acceptors (Lipinski definition) is 5. The zero-order valence-corrected chi connectivity index (χ0v) is 10.4. The van der Waals surface area contributed by atoms with E-state index in [1.807, 2.05) is 17.2 Å². The number of fused-ring (bicyclic) bond motifs is 1. The second kappa shape index (κ2) is 4.10. The topological polar surface area (TPSA) is 57.2 Å². The lowest BCUT2D eigenvalue weighted by Gasteiger charge is -2.27. The fraction of sp³-hybridized carbons (Fsp3) is 0.545. The molecule has 6 heteroatoms. The van der Waals surface area contributed by atoms with E-state index in [4.69, 9.17) is 18.0 Å². The van der Waals surface area contributed by atoms with Crippen LogP contribution in [-0.4, -0.2) is 52.2 Å². The summed E-state index contributed by atoms with van der Waals surface area (Å²) in [5.41, 5.74) is 5.71. The number of nitrogens with zero attached hydrogens (tertiary/aromatic N) is 4. The summed E-state index contributed by atoms with van der Waals surface area (Å²) >= 11 is 5.05. The molecular formula is C11H15N5S. The number of amidine groups is 2. The minimum absolute atomic E-state index is 0.0532. The summed E-state index contributed by atoms with van der Waals surface area (Å²) in [7, 11) is 0. The number of nitrogens with two attached hydrogens (primary N) is 1. The first-order chi connectivity index (χ1) is 8.25. The Labute approximate surface area is 106 Å². The highest BCUT2D eigenvalue weighted by Crippen LogP contribution is 2.19. The van der Waals surface area contributed by atoms with Gasteiger partial charge in [0.2, 0.25) is 0 Å². The fourth-order valence-electron chi connectivity index (χ4n) is 2.36. The van der Waals surface area contributed by atoms with Crippen molar-refractivity contribution >= 4 is 28.9 Å². The molecule has 0 aromatic heterocycles. The van der Waals surface area contributed by atoms with Gasteiger partial charge >= 0.3 is 0 Å². The molecule has 0 spiro atoms. The monoisotopic (exact) mass is 249 g/mol. The molecule has 1 atom stereocenters. The molecule has 0 bridgehead atoms. The number of rotatable bonds is 1. The molecule has 1 fully saturated rings. The summed E-state index contributed by atoms with van der Waals surface area (Å²) in [5.74, 6) is 1.87. The summed E-state index contributed by atoms with van der Waals surface area (Å²) in [5, 5.41) is 6.48. The van der Waals surface area contributed by atoms with E-state index in [-0.39, 0.29) is 6.04 Å². The van der Waals surface area contributed by atoms with Crippen LogP contribution in [0.5, 0.6) is 0 Å². The van der Waals surface area contributed by atoms with Crippen LogP contribution in [0.2, 0.25) is 0 Å². The quantitative estimate of drug-likeness (QED) is 0.681. The average molecular weight is 249 g/mol. The summed E-state index contributed by atoms with van der Waals surface area (Å²) in [4.78, 5) is 7.14. The van der Waals surface area contributed by atoms with Crippen LogP contribution in [0.4, 0.5) is 0 Å². The van der Waals surface area contributed by atoms with E-state index in [2.05, 4.69) is 15.0 Å². The lowest BCUT2D eigenvalue weighted by Crippen LogP contribution is -2.44. The zero-order chi connectivity index (χ0) is 11.8. The van der Waals surface area contributed by atoms with Crippen LogP contribution >= 0.6 is 12.2 Å². The lowest BCUT2D eigenvalue weighted by molar-refractivity contribution is 0.413. The van der Waals surface area contributed by atoms with Crippen LogP contribution in [0.3, 0.4) is 0 Å². The molecule has 3 rings (SSSR count). The summed E-state index contributed by atoms with van der Waals surface area (Å²) < 4.78 is 0. The standard InChI is InChI=1S/C11H15N5S/c12-11(17)8-7-13-9-3-4-10(14-16(8)9)15-5-1-2-6-15/h3-4,8H,1-2,5-7H2,(H2,12,17). The van der Waals surface area contributed by atoms with Gasteiger partial charge in [0.1, 0.15) is 17.7 Å². The van der Waals surface area contributed by atoms with E-state index >= 15 is 0 Å². The van der Waals surface area contributed by atoms with E-state index in [9.17, 15) is 0 Å². The first-order valence-electron chi connectivity index (χ1n) is 5.90. The number of hydrogen-bond donors (Lipinski definition) is 1. The Morgan fingerprint density at radius 1 is 1.29 bits per heavy atom. The van der Waals surface area contributed by atoms with Gasteiger partial charge < -0.3 is 10.6 Å². The molecule has 0 aromatic carbocycles. The maximum absolute atomic E-state index is 5.71. The maximum Gasteiger partial charge on any atom is 0.149 e. The van der Waals surface area contributed by atoms with E-state index in [0.29, 0.717) is 11.5 Å². The van der Waals surface area contributed by atoms with Gasteiger partial charge in [-0.2, -0.15) is 5.10 Å². The molecule has 0 aliphatic carbocycles. The van der Waals surface area contributed by atoms with Gasteiger partial charge in [0.15, 0.2) is 0 Å². The smallest absolute Gasteiger partial charge is 0.149 e. The number of likely N-dealkylation sites (tertiary alicyclic amines) is 1. The summed E-state index contributed by atoms with van der Waals surface area (Å²) in [6.45, 7) is 2.79. The molecule has 3 aliphatic rings. The fourth-order valence-corrected chi connectivity index (χ4v) is 2.53. The first kappa shape index (κ1) is 10.7. The van der Waals surface area contributed by atoms with Crippen LogP contribution < -0.4 is 5.73 Å². The maximum atomic E-state index is 5.71. The average Bonchev–Trinajstić information content (AvgIpc) is 2.97. The van der Waals surface area contributed by atoms with Crippen molar-refractivity contribution in [3.05, 3.63) is 12.2 Å². The minimum Gasteiger partial charge on any atom is -0.391 e. The van der Waals surface area contributed by atoms with Crippen LogP contribution in [0.1, 0.15) is 12.8 Å². The SMILES string of the molecule is NC(=S)C1CN=C2C=CC(N3CCCC3)=NN21. The van der Waals surface area contributed by atoms with Crippen molar-refractivity contribution in [1.82, 2.24) is 9.91 Å². The van der Waals surface area contributed by atoms with Crippen molar-refractivity contribution in [2.24, 2.45) is 15.8 Å². The lowest BCUT2D eigenvalue weighted by atomic mass is 10.3. The molecule has 17 heavy (non-hydrogen) atoms. The van der Waals surface area contributed by atoms with Gasteiger partial charge in [-0.3, -0.25) is 4.99 Å². The van der Waals surface area contributed by atoms with Crippen molar-refractivity contribution in [1.29, 1.82) is 0 Å². The molecule has 0 aromatic rings. The van der Waals surface area contributed by atoms with Crippen LogP contribution in [-0.2, 0) is 0 Å². The second-order valence-corrected chi connectivity index (χ2v) is 4.92. The predicted molar refractivity (Wildman–Crippen MR) is 72.1 cm³/mol. The van der Waals surface area contributed by atoms with Crippen molar-refractivity contribution < 1.29 is 0 Å². The van der Waals surface area contributed by atoms with Crippen molar-refractivity contribution in [3.8, 4) is 0 Å². The van der Waals surface area contributed by atoms with E-state index in [1.165, 1.54) is 12.8 Å². The van der Waals surface area contributed by atoms with Gasteiger partial charge in [-0.25, -0.2) is 5.01 Å². The third-order valence-corrected chi connectivity index (χ3v) is 3.58. The van der Waals surface area contributed by atoms with Crippen molar-refractivity contribution in [2.75, 3.05) is 19.6 Å². The minimum atomic E-state index is -0.0532. The van der Waals surface area contributed by atoms with Crippen LogP contribution in [0, 0.1) is 0 Å². The molecule has 0 amide bonds. The third kappa shape index (κ3) is 1.82. The Morgan fingerprint density at radius 2 is 2.00 bits per heavy atom. The Kier molecular flexibility index (Phi) is 2.58. The highest BCUT2D eigenvalue weighted by Gasteiger charge is 2.31. The van der Waals surface area contributed by atoms with Gasteiger partial charge in [0.25, 0.3) is 0 Å². The molecule has 1 unspecified atom stereocenters. The molecular weight excluding hydrogens is 234 g/mol. The Hall–Kier alpha value is -1.43. The largest absolute Gasteiger partial charge is 0.391 e. The molecule has 3 aliphatic heterocycles. The Morgan fingerprint density at radius 3 is 2.71 bits per heavy atom. The van der Waals surface area contributed by atoms with Gasteiger partial charge in [0, 0.05) is 13.1 Å². The predicted octanol–water partition coefficient (Wildman–Crippen LogP) is 0.334. The van der Waals surface area contributed by atoms with Crippen LogP contribution in [0.25, 0.3) is 0 Å². The normalized spacial score (nSPS) is 26.9. The molecule has 0 radical (unpaired) electrons.